The van der Waals surface area contributed by atoms with E-state index in [-0.39, 0.29) is 10.0 Å². The number of rotatable bonds is 1. The molecule has 3 nitrogen and oxygen atoms in total. The quantitative estimate of drug-likeness (QED) is 0.718. The second-order valence-corrected chi connectivity index (χ2v) is 2.72. The number of hydrogen-bond donors (Lipinski definition) is 1. The monoisotopic (exact) mass is 218 g/mol. The molecule has 0 saturated carbocycles. The van der Waals surface area contributed by atoms with Gasteiger partial charge < -0.3 is 5.73 Å². The van der Waals surface area contributed by atoms with E-state index in [0.717, 1.165) is 6.20 Å². The molecule has 0 spiro atoms. The molecule has 0 fully saturated rings. The van der Waals surface area contributed by atoms with E-state index in [0.29, 0.717) is 0 Å². The second-order valence-electron chi connectivity index (χ2n) is 1.86. The van der Waals surface area contributed by atoms with Crippen LogP contribution in [-0.2, 0) is 0 Å². The number of amides is 1. The molecule has 0 aromatic carbocycles. The number of pyridine rings is 1. The van der Waals surface area contributed by atoms with Crippen LogP contribution >= 0.6 is 15.9 Å². The van der Waals surface area contributed by atoms with Gasteiger partial charge in [-0.2, -0.15) is 4.39 Å². The predicted octanol–water partition coefficient (Wildman–Crippen LogP) is 1.08. The highest BCUT2D eigenvalue weighted by Crippen LogP contribution is 2.13. The molecule has 0 aliphatic carbocycles. The summed E-state index contributed by atoms with van der Waals surface area (Å²) in [6, 6.07) is 1.28. The molecule has 0 atom stereocenters. The molecule has 1 aromatic heterocycles. The maximum Gasteiger partial charge on any atom is 0.250 e. The first-order valence-electron chi connectivity index (χ1n) is 2.72. The summed E-state index contributed by atoms with van der Waals surface area (Å²) in [6.07, 6.45) is 1.09. The van der Waals surface area contributed by atoms with Crippen LogP contribution in [0.3, 0.4) is 0 Å². The Balaban J connectivity index is 3.15. The third-order valence-corrected chi connectivity index (χ3v) is 1.64. The highest BCUT2D eigenvalue weighted by atomic mass is 79.9. The van der Waals surface area contributed by atoms with Crippen molar-refractivity contribution in [1.82, 2.24) is 4.98 Å². The first-order chi connectivity index (χ1) is 5.11. The predicted molar refractivity (Wildman–Crippen MR) is 40.4 cm³/mol. The zero-order valence-electron chi connectivity index (χ0n) is 5.34. The first-order valence-corrected chi connectivity index (χ1v) is 3.51. The van der Waals surface area contributed by atoms with Crippen molar-refractivity contribution in [2.24, 2.45) is 5.73 Å². The van der Waals surface area contributed by atoms with Crippen LogP contribution in [0.2, 0.25) is 0 Å². The van der Waals surface area contributed by atoms with Gasteiger partial charge in [0.1, 0.15) is 0 Å². The van der Waals surface area contributed by atoms with Gasteiger partial charge >= 0.3 is 0 Å². The Labute approximate surface area is 70.6 Å². The van der Waals surface area contributed by atoms with Gasteiger partial charge in [0.15, 0.2) is 0 Å². The van der Waals surface area contributed by atoms with E-state index < -0.39 is 11.9 Å². The summed E-state index contributed by atoms with van der Waals surface area (Å²) < 4.78 is 12.6. The van der Waals surface area contributed by atoms with Crippen LogP contribution in [0.1, 0.15) is 10.4 Å². The lowest BCUT2D eigenvalue weighted by Crippen LogP contribution is -2.11. The zero-order valence-corrected chi connectivity index (χ0v) is 6.93. The maximum absolute atomic E-state index is 12.5. The standard InChI is InChI=1S/C6H4BrFN2O/c7-4-1-3(6(9)11)2-10-5(4)8/h1-2H,(H2,9,11). The molecule has 0 saturated heterocycles. The molecule has 0 aliphatic heterocycles. The van der Waals surface area contributed by atoms with Crippen LogP contribution in [0.15, 0.2) is 16.7 Å². The van der Waals surface area contributed by atoms with Gasteiger partial charge in [-0.25, -0.2) is 4.98 Å². The number of hydrogen-bond acceptors (Lipinski definition) is 2. The normalized spacial score (nSPS) is 9.64. The van der Waals surface area contributed by atoms with Gasteiger partial charge in [-0.3, -0.25) is 4.79 Å². The minimum atomic E-state index is -0.657. The molecular formula is C6H4BrFN2O. The van der Waals surface area contributed by atoms with Crippen LogP contribution in [-0.4, -0.2) is 10.9 Å². The molecule has 0 radical (unpaired) electrons. The van der Waals surface area contributed by atoms with Crippen LogP contribution in [0.5, 0.6) is 0 Å². The molecule has 0 unspecified atom stereocenters. The van der Waals surface area contributed by atoms with Crippen molar-refractivity contribution in [1.29, 1.82) is 0 Å². The molecule has 1 rings (SSSR count). The summed E-state index contributed by atoms with van der Waals surface area (Å²) >= 11 is 2.87. The van der Waals surface area contributed by atoms with E-state index in [1.807, 2.05) is 0 Å². The highest BCUT2D eigenvalue weighted by Gasteiger charge is 2.04. The van der Waals surface area contributed by atoms with Gasteiger partial charge in [0.25, 0.3) is 0 Å². The third-order valence-electron chi connectivity index (χ3n) is 1.08. The Morgan fingerprint density at radius 2 is 2.36 bits per heavy atom. The molecular weight excluding hydrogens is 215 g/mol. The Hall–Kier alpha value is -0.970. The number of aromatic nitrogens is 1. The van der Waals surface area contributed by atoms with Crippen LogP contribution in [0.25, 0.3) is 0 Å². The first kappa shape index (κ1) is 8.13. The van der Waals surface area contributed by atoms with Crippen molar-refractivity contribution in [2.45, 2.75) is 0 Å². The fourth-order valence-electron chi connectivity index (χ4n) is 0.556. The smallest absolute Gasteiger partial charge is 0.250 e. The summed E-state index contributed by atoms with van der Waals surface area (Å²) in [7, 11) is 0. The summed E-state index contributed by atoms with van der Waals surface area (Å²) in [4.78, 5) is 13.8. The highest BCUT2D eigenvalue weighted by molar-refractivity contribution is 9.10. The third kappa shape index (κ3) is 1.74. The zero-order chi connectivity index (χ0) is 8.43. The van der Waals surface area contributed by atoms with E-state index in [1.54, 1.807) is 0 Å². The number of carbonyl (C=O) groups is 1. The Morgan fingerprint density at radius 1 is 1.73 bits per heavy atom. The molecule has 2 N–H and O–H groups in total. The number of nitrogens with zero attached hydrogens (tertiary/aromatic N) is 1. The second kappa shape index (κ2) is 2.96. The Kier molecular flexibility index (Phi) is 2.19. The van der Waals surface area contributed by atoms with Crippen LogP contribution < -0.4 is 5.73 Å². The number of halogens is 2. The van der Waals surface area contributed by atoms with E-state index in [2.05, 4.69) is 20.9 Å². The summed E-state index contributed by atoms with van der Waals surface area (Å²) in [5.74, 6) is -1.28. The van der Waals surface area contributed by atoms with Gasteiger partial charge in [0, 0.05) is 6.20 Å². The van der Waals surface area contributed by atoms with Gasteiger partial charge in [0.05, 0.1) is 10.0 Å². The molecule has 58 valence electrons. The number of carbonyl (C=O) groups excluding carboxylic acids is 1. The SMILES string of the molecule is NC(=O)c1cnc(F)c(Br)c1. The van der Waals surface area contributed by atoms with Gasteiger partial charge in [0.2, 0.25) is 11.9 Å². The van der Waals surface area contributed by atoms with Crippen molar-refractivity contribution < 1.29 is 9.18 Å². The lowest BCUT2D eigenvalue weighted by Gasteiger charge is -1.95. The van der Waals surface area contributed by atoms with Crippen molar-refractivity contribution >= 4 is 21.8 Å². The molecule has 5 heteroatoms. The lowest BCUT2D eigenvalue weighted by atomic mass is 10.3. The maximum atomic E-state index is 12.5. The fourth-order valence-corrected chi connectivity index (χ4v) is 0.905. The van der Waals surface area contributed by atoms with Crippen molar-refractivity contribution in [3.63, 3.8) is 0 Å². The van der Waals surface area contributed by atoms with Crippen molar-refractivity contribution in [3.05, 3.63) is 28.2 Å². The van der Waals surface area contributed by atoms with Gasteiger partial charge in [-0.1, -0.05) is 0 Å². The number of primary amides is 1. The lowest BCUT2D eigenvalue weighted by molar-refractivity contribution is 0.1000. The molecule has 1 heterocycles. The summed E-state index contributed by atoms with van der Waals surface area (Å²) in [6.45, 7) is 0. The Morgan fingerprint density at radius 3 is 2.82 bits per heavy atom. The minimum absolute atomic E-state index is 0.133. The average molecular weight is 219 g/mol. The topological polar surface area (TPSA) is 56.0 Å². The molecule has 1 aromatic rings. The van der Waals surface area contributed by atoms with Gasteiger partial charge in [-0.15, -0.1) is 0 Å². The summed E-state index contributed by atoms with van der Waals surface area (Å²) in [5.41, 5.74) is 5.09. The largest absolute Gasteiger partial charge is 0.366 e. The minimum Gasteiger partial charge on any atom is -0.366 e. The Bertz CT molecular complexity index is 303. The van der Waals surface area contributed by atoms with Gasteiger partial charge in [-0.05, 0) is 22.0 Å². The van der Waals surface area contributed by atoms with E-state index in [9.17, 15) is 9.18 Å². The molecule has 1 amide bonds. The van der Waals surface area contributed by atoms with E-state index in [1.165, 1.54) is 6.07 Å². The molecule has 0 bridgehead atoms. The average Bonchev–Trinajstić information content (AvgIpc) is 1.94. The van der Waals surface area contributed by atoms with Crippen LogP contribution in [0.4, 0.5) is 4.39 Å². The molecule has 11 heavy (non-hydrogen) atoms. The van der Waals surface area contributed by atoms with Crippen molar-refractivity contribution in [2.75, 3.05) is 0 Å². The number of nitrogens with two attached hydrogens (primary N) is 1. The van der Waals surface area contributed by atoms with E-state index >= 15 is 0 Å². The fraction of sp³-hybridized carbons (Fsp3) is 0. The van der Waals surface area contributed by atoms with Crippen LogP contribution in [0, 0.1) is 5.95 Å². The molecule has 0 aliphatic rings. The van der Waals surface area contributed by atoms with Crippen molar-refractivity contribution in [3.8, 4) is 0 Å². The van der Waals surface area contributed by atoms with E-state index in [4.69, 9.17) is 5.73 Å². The summed E-state index contributed by atoms with van der Waals surface area (Å²) in [5, 5.41) is 0.